The second-order valence-electron chi connectivity index (χ2n) is 5.17. The zero-order valence-corrected chi connectivity index (χ0v) is 9.01. The summed E-state index contributed by atoms with van der Waals surface area (Å²) in [5.74, 6) is 0. The molecule has 0 atom stereocenters. The van der Waals surface area contributed by atoms with Gasteiger partial charge < -0.3 is 4.90 Å². The highest BCUT2D eigenvalue weighted by atomic mass is 15.1. The molecule has 0 saturated heterocycles. The van der Waals surface area contributed by atoms with E-state index in [-0.39, 0.29) is 0 Å². The summed E-state index contributed by atoms with van der Waals surface area (Å²) in [7, 11) is 2.23. The molecule has 14 heavy (non-hydrogen) atoms. The van der Waals surface area contributed by atoms with Crippen LogP contribution in [0.4, 0.5) is 5.69 Å². The number of aryl methyl sites for hydroxylation is 1. The van der Waals surface area contributed by atoms with Gasteiger partial charge in [0, 0.05) is 19.3 Å². The van der Waals surface area contributed by atoms with Gasteiger partial charge in [-0.2, -0.15) is 0 Å². The van der Waals surface area contributed by atoms with Crippen molar-refractivity contribution in [3.8, 4) is 0 Å². The molecule has 0 radical (unpaired) electrons. The standard InChI is InChI=1S/C13H17N/c1-10-3-4-11-8-13(5-6-13)9-14(2)12(11)7-10/h3-4,7H,5-6,8-9H2,1-2H3. The van der Waals surface area contributed by atoms with E-state index in [2.05, 4.69) is 37.1 Å². The summed E-state index contributed by atoms with van der Waals surface area (Å²) in [6.45, 7) is 3.44. The van der Waals surface area contributed by atoms with E-state index >= 15 is 0 Å². The van der Waals surface area contributed by atoms with Gasteiger partial charge in [-0.15, -0.1) is 0 Å². The first-order valence-corrected chi connectivity index (χ1v) is 5.49. The quantitative estimate of drug-likeness (QED) is 0.603. The lowest BCUT2D eigenvalue weighted by Crippen LogP contribution is -2.33. The van der Waals surface area contributed by atoms with E-state index in [4.69, 9.17) is 0 Å². The molecule has 0 unspecified atom stereocenters. The lowest BCUT2D eigenvalue weighted by atomic mass is 9.89. The van der Waals surface area contributed by atoms with Crippen molar-refractivity contribution in [1.29, 1.82) is 0 Å². The highest BCUT2D eigenvalue weighted by Gasteiger charge is 2.46. The number of rotatable bonds is 0. The molecule has 1 aromatic rings. The number of fused-ring (bicyclic) bond motifs is 1. The molecule has 1 saturated carbocycles. The van der Waals surface area contributed by atoms with Crippen molar-refractivity contribution in [2.75, 3.05) is 18.5 Å². The molecule has 1 heterocycles. The second kappa shape index (κ2) is 2.53. The summed E-state index contributed by atoms with van der Waals surface area (Å²) in [6.07, 6.45) is 4.18. The molecule has 1 spiro atoms. The van der Waals surface area contributed by atoms with Crippen molar-refractivity contribution in [2.45, 2.75) is 26.2 Å². The Balaban J connectivity index is 2.06. The van der Waals surface area contributed by atoms with Gasteiger partial charge in [0.15, 0.2) is 0 Å². The molecule has 1 aromatic carbocycles. The van der Waals surface area contributed by atoms with Gasteiger partial charge in [-0.05, 0) is 48.8 Å². The summed E-state index contributed by atoms with van der Waals surface area (Å²) in [5.41, 5.74) is 5.06. The molecule has 1 nitrogen and oxygen atoms in total. The normalized spacial score (nSPS) is 22.3. The SMILES string of the molecule is Cc1ccc2c(c1)N(C)CC1(CC1)C2. The first kappa shape index (κ1) is 8.34. The second-order valence-corrected chi connectivity index (χ2v) is 5.17. The van der Waals surface area contributed by atoms with Gasteiger partial charge in [0.1, 0.15) is 0 Å². The van der Waals surface area contributed by atoms with E-state index < -0.39 is 0 Å². The Morgan fingerprint density at radius 3 is 2.79 bits per heavy atom. The summed E-state index contributed by atoms with van der Waals surface area (Å²) >= 11 is 0. The topological polar surface area (TPSA) is 3.24 Å². The average Bonchev–Trinajstić information content (AvgIpc) is 2.87. The van der Waals surface area contributed by atoms with E-state index in [1.165, 1.54) is 37.1 Å². The fourth-order valence-electron chi connectivity index (χ4n) is 2.74. The first-order valence-electron chi connectivity index (χ1n) is 5.49. The zero-order valence-electron chi connectivity index (χ0n) is 9.01. The molecule has 0 amide bonds. The van der Waals surface area contributed by atoms with Crippen LogP contribution in [0, 0.1) is 12.3 Å². The van der Waals surface area contributed by atoms with Crippen LogP contribution in [-0.2, 0) is 6.42 Å². The highest BCUT2D eigenvalue weighted by molar-refractivity contribution is 5.58. The smallest absolute Gasteiger partial charge is 0.0399 e. The van der Waals surface area contributed by atoms with E-state index in [1.54, 1.807) is 5.56 Å². The maximum absolute atomic E-state index is 2.44. The van der Waals surface area contributed by atoms with Crippen LogP contribution in [-0.4, -0.2) is 13.6 Å². The van der Waals surface area contributed by atoms with Crippen molar-refractivity contribution in [3.05, 3.63) is 29.3 Å². The predicted octanol–water partition coefficient (Wildman–Crippen LogP) is 2.77. The summed E-state index contributed by atoms with van der Waals surface area (Å²) < 4.78 is 0. The van der Waals surface area contributed by atoms with Gasteiger partial charge in [-0.1, -0.05) is 12.1 Å². The summed E-state index contributed by atoms with van der Waals surface area (Å²) in [5, 5.41) is 0. The number of hydrogen-bond acceptors (Lipinski definition) is 1. The lowest BCUT2D eigenvalue weighted by Gasteiger charge is -2.34. The monoisotopic (exact) mass is 187 g/mol. The number of nitrogens with zero attached hydrogens (tertiary/aromatic N) is 1. The molecule has 1 heteroatoms. The van der Waals surface area contributed by atoms with Crippen molar-refractivity contribution in [3.63, 3.8) is 0 Å². The van der Waals surface area contributed by atoms with Crippen molar-refractivity contribution >= 4 is 5.69 Å². The molecule has 0 aromatic heterocycles. The highest BCUT2D eigenvalue weighted by Crippen LogP contribution is 2.52. The molecule has 3 rings (SSSR count). The van der Waals surface area contributed by atoms with Crippen LogP contribution in [0.25, 0.3) is 0 Å². The third kappa shape index (κ3) is 1.15. The lowest BCUT2D eigenvalue weighted by molar-refractivity contribution is 0.487. The predicted molar refractivity (Wildman–Crippen MR) is 59.8 cm³/mol. The Morgan fingerprint density at radius 1 is 1.29 bits per heavy atom. The fraction of sp³-hybridized carbons (Fsp3) is 0.538. The minimum Gasteiger partial charge on any atom is -0.374 e. The summed E-state index contributed by atoms with van der Waals surface area (Å²) in [4.78, 5) is 2.44. The number of benzene rings is 1. The summed E-state index contributed by atoms with van der Waals surface area (Å²) in [6, 6.07) is 6.89. The number of anilines is 1. The molecule has 0 bridgehead atoms. The minimum atomic E-state index is 0.664. The molecule has 2 aliphatic rings. The van der Waals surface area contributed by atoms with Gasteiger partial charge in [0.25, 0.3) is 0 Å². The Kier molecular flexibility index (Phi) is 1.51. The van der Waals surface area contributed by atoms with E-state index in [0.717, 1.165) is 0 Å². The van der Waals surface area contributed by atoms with Crippen LogP contribution in [0.2, 0.25) is 0 Å². The Labute approximate surface area is 85.7 Å². The van der Waals surface area contributed by atoms with E-state index in [9.17, 15) is 0 Å². The van der Waals surface area contributed by atoms with Crippen LogP contribution in [0.3, 0.4) is 0 Å². The molecule has 74 valence electrons. The molecule has 1 aliphatic carbocycles. The third-order valence-corrected chi connectivity index (χ3v) is 3.75. The van der Waals surface area contributed by atoms with Crippen molar-refractivity contribution in [2.24, 2.45) is 5.41 Å². The number of hydrogen-bond donors (Lipinski definition) is 0. The van der Waals surface area contributed by atoms with Gasteiger partial charge in [0.05, 0.1) is 0 Å². The van der Waals surface area contributed by atoms with Crippen molar-refractivity contribution in [1.82, 2.24) is 0 Å². The zero-order chi connectivity index (χ0) is 9.76. The van der Waals surface area contributed by atoms with E-state index in [1.807, 2.05) is 0 Å². The fourth-order valence-corrected chi connectivity index (χ4v) is 2.74. The van der Waals surface area contributed by atoms with Gasteiger partial charge in [-0.3, -0.25) is 0 Å². The third-order valence-electron chi connectivity index (χ3n) is 3.75. The maximum atomic E-state index is 2.44. The minimum absolute atomic E-state index is 0.664. The van der Waals surface area contributed by atoms with Crippen LogP contribution < -0.4 is 4.90 Å². The average molecular weight is 187 g/mol. The van der Waals surface area contributed by atoms with Crippen molar-refractivity contribution < 1.29 is 0 Å². The van der Waals surface area contributed by atoms with Gasteiger partial charge in [0.2, 0.25) is 0 Å². The molecular formula is C13H17N. The van der Waals surface area contributed by atoms with Crippen LogP contribution in [0.15, 0.2) is 18.2 Å². The molecular weight excluding hydrogens is 170 g/mol. The molecule has 0 N–H and O–H groups in total. The van der Waals surface area contributed by atoms with Crippen LogP contribution >= 0.6 is 0 Å². The van der Waals surface area contributed by atoms with Crippen LogP contribution in [0.1, 0.15) is 24.0 Å². The largest absolute Gasteiger partial charge is 0.374 e. The Hall–Kier alpha value is -0.980. The van der Waals surface area contributed by atoms with Crippen LogP contribution in [0.5, 0.6) is 0 Å². The first-order chi connectivity index (χ1) is 6.69. The molecule has 1 aliphatic heterocycles. The Bertz CT molecular complexity index is 377. The maximum Gasteiger partial charge on any atom is 0.0399 e. The van der Waals surface area contributed by atoms with Gasteiger partial charge >= 0.3 is 0 Å². The van der Waals surface area contributed by atoms with E-state index in [0.29, 0.717) is 5.41 Å². The van der Waals surface area contributed by atoms with Gasteiger partial charge in [-0.25, -0.2) is 0 Å². The molecule has 1 fully saturated rings. The Morgan fingerprint density at radius 2 is 2.07 bits per heavy atom.